The van der Waals surface area contributed by atoms with Gasteiger partial charge in [-0.1, -0.05) is 0 Å². The molecule has 0 aliphatic carbocycles. The number of hydrogen-bond donors (Lipinski definition) is 2. The fourth-order valence-corrected chi connectivity index (χ4v) is 3.01. The van der Waals surface area contributed by atoms with Gasteiger partial charge >= 0.3 is 0 Å². The number of anilines is 2. The van der Waals surface area contributed by atoms with Gasteiger partial charge in [0.15, 0.2) is 0 Å². The number of benzene rings is 1. The lowest BCUT2D eigenvalue weighted by Crippen LogP contribution is -2.23. The molecule has 144 valence electrons. The molecule has 2 heterocycles. The maximum Gasteiger partial charge on any atom is 0.132 e. The Morgan fingerprint density at radius 2 is 2.11 bits per heavy atom. The molecule has 1 unspecified atom stereocenters. The van der Waals surface area contributed by atoms with Crippen LogP contribution in [0.2, 0.25) is 0 Å². The van der Waals surface area contributed by atoms with Crippen molar-refractivity contribution >= 4 is 17.2 Å². The van der Waals surface area contributed by atoms with Crippen LogP contribution < -0.4 is 15.4 Å². The van der Waals surface area contributed by atoms with E-state index in [4.69, 9.17) is 25.4 Å². The van der Waals surface area contributed by atoms with Crippen LogP contribution in [0.1, 0.15) is 17.7 Å². The Morgan fingerprint density at radius 1 is 1.26 bits per heavy atom. The van der Waals surface area contributed by atoms with Crippen molar-refractivity contribution in [1.82, 2.24) is 9.97 Å². The van der Waals surface area contributed by atoms with E-state index in [0.29, 0.717) is 35.9 Å². The number of nitrogen functional groups attached to an aromatic ring is 1. The minimum absolute atomic E-state index is 0.208. The predicted octanol–water partition coefficient (Wildman–Crippen LogP) is 1.73. The molecule has 0 amide bonds. The van der Waals surface area contributed by atoms with Gasteiger partial charge in [0.25, 0.3) is 0 Å². The van der Waals surface area contributed by atoms with Crippen LogP contribution in [0.5, 0.6) is 5.75 Å². The Labute approximate surface area is 158 Å². The maximum atomic E-state index is 8.57. The van der Waals surface area contributed by atoms with Gasteiger partial charge in [-0.3, -0.25) is 5.41 Å². The fraction of sp³-hybridized carbons (Fsp3) is 0.421. The summed E-state index contributed by atoms with van der Waals surface area (Å²) in [5.74, 6) is 1.42. The highest BCUT2D eigenvalue weighted by Crippen LogP contribution is 2.24. The zero-order valence-corrected chi connectivity index (χ0v) is 15.6. The molecule has 27 heavy (non-hydrogen) atoms. The van der Waals surface area contributed by atoms with Crippen molar-refractivity contribution in [3.8, 4) is 5.75 Å². The van der Waals surface area contributed by atoms with E-state index in [0.717, 1.165) is 25.3 Å². The Hall–Kier alpha value is -2.71. The lowest BCUT2D eigenvalue weighted by Gasteiger charge is -2.18. The van der Waals surface area contributed by atoms with E-state index in [1.165, 1.54) is 6.33 Å². The van der Waals surface area contributed by atoms with Gasteiger partial charge < -0.3 is 24.8 Å². The minimum Gasteiger partial charge on any atom is -0.491 e. The van der Waals surface area contributed by atoms with Crippen molar-refractivity contribution in [1.29, 1.82) is 5.41 Å². The largest absolute Gasteiger partial charge is 0.491 e. The third kappa shape index (κ3) is 4.53. The van der Waals surface area contributed by atoms with Gasteiger partial charge in [-0.2, -0.15) is 0 Å². The molecule has 0 saturated carbocycles. The molecule has 1 fully saturated rings. The number of methoxy groups -OCH3 is 2. The molecule has 8 nitrogen and oxygen atoms in total. The van der Waals surface area contributed by atoms with Crippen LogP contribution in [0.25, 0.3) is 0 Å². The molecule has 1 aliphatic heterocycles. The molecule has 1 aromatic carbocycles. The first-order chi connectivity index (χ1) is 13.1. The van der Waals surface area contributed by atoms with Crippen LogP contribution in [-0.4, -0.2) is 62.3 Å². The normalized spacial score (nSPS) is 16.5. The quantitative estimate of drug-likeness (QED) is 0.413. The van der Waals surface area contributed by atoms with Gasteiger partial charge in [-0.05, 0) is 24.6 Å². The Morgan fingerprint density at radius 3 is 2.85 bits per heavy atom. The lowest BCUT2D eigenvalue weighted by molar-refractivity contribution is 0.121. The first kappa shape index (κ1) is 19.1. The van der Waals surface area contributed by atoms with Gasteiger partial charge in [-0.15, -0.1) is 0 Å². The molecular formula is C19H25N5O3. The summed E-state index contributed by atoms with van der Waals surface area (Å²) in [6.45, 7) is 2.57. The van der Waals surface area contributed by atoms with E-state index in [1.54, 1.807) is 32.4 Å². The maximum absolute atomic E-state index is 8.57. The molecule has 1 atom stereocenters. The van der Waals surface area contributed by atoms with Crippen LogP contribution in [0.4, 0.5) is 11.5 Å². The second-order valence-electron chi connectivity index (χ2n) is 6.32. The van der Waals surface area contributed by atoms with Crippen molar-refractivity contribution in [2.45, 2.75) is 12.5 Å². The Balaban J connectivity index is 1.79. The first-order valence-electron chi connectivity index (χ1n) is 8.82. The van der Waals surface area contributed by atoms with Crippen LogP contribution in [0, 0.1) is 5.41 Å². The first-order valence-corrected chi connectivity index (χ1v) is 8.82. The second-order valence-corrected chi connectivity index (χ2v) is 6.32. The van der Waals surface area contributed by atoms with Gasteiger partial charge in [0.2, 0.25) is 0 Å². The molecule has 3 N–H and O–H groups in total. The smallest absolute Gasteiger partial charge is 0.132 e. The summed E-state index contributed by atoms with van der Waals surface area (Å²) >= 11 is 0. The zero-order chi connectivity index (χ0) is 19.2. The van der Waals surface area contributed by atoms with E-state index in [2.05, 4.69) is 14.9 Å². The number of ether oxygens (including phenoxy) is 3. The molecule has 2 aromatic rings. The monoisotopic (exact) mass is 371 g/mol. The molecule has 0 bridgehead atoms. The summed E-state index contributed by atoms with van der Waals surface area (Å²) in [6, 6.07) is 7.09. The SMILES string of the molecule is COCCOc1ccc(N)c(C(=N)c2cc(N3CCC(OC)C3)ncn2)c1. The number of hydrogen-bond acceptors (Lipinski definition) is 8. The predicted molar refractivity (Wildman–Crippen MR) is 104 cm³/mol. The molecule has 8 heteroatoms. The molecule has 1 aromatic heterocycles. The third-order valence-electron chi connectivity index (χ3n) is 4.56. The average Bonchev–Trinajstić information content (AvgIpc) is 3.18. The zero-order valence-electron chi connectivity index (χ0n) is 15.6. The summed E-state index contributed by atoms with van der Waals surface area (Å²) in [6.07, 6.45) is 2.65. The average molecular weight is 371 g/mol. The number of rotatable bonds is 8. The van der Waals surface area contributed by atoms with E-state index < -0.39 is 0 Å². The number of nitrogens with two attached hydrogens (primary N) is 1. The van der Waals surface area contributed by atoms with E-state index >= 15 is 0 Å². The van der Waals surface area contributed by atoms with Crippen LogP contribution >= 0.6 is 0 Å². The minimum atomic E-state index is 0.208. The topological polar surface area (TPSA) is 107 Å². The third-order valence-corrected chi connectivity index (χ3v) is 4.56. The number of nitrogens with one attached hydrogen (secondary N) is 1. The molecular weight excluding hydrogens is 346 g/mol. The second kappa shape index (κ2) is 8.79. The number of aromatic nitrogens is 2. The summed E-state index contributed by atoms with van der Waals surface area (Å²) in [5.41, 5.74) is 7.91. The van der Waals surface area contributed by atoms with Crippen molar-refractivity contribution in [2.24, 2.45) is 0 Å². The molecule has 3 rings (SSSR count). The highest BCUT2D eigenvalue weighted by atomic mass is 16.5. The van der Waals surface area contributed by atoms with Crippen molar-refractivity contribution in [3.63, 3.8) is 0 Å². The van der Waals surface area contributed by atoms with Gasteiger partial charge in [0.05, 0.1) is 24.1 Å². The van der Waals surface area contributed by atoms with Gasteiger partial charge in [-0.25, -0.2) is 9.97 Å². The molecule has 1 aliphatic rings. The highest BCUT2D eigenvalue weighted by Gasteiger charge is 2.24. The van der Waals surface area contributed by atoms with E-state index in [1.807, 2.05) is 6.07 Å². The summed E-state index contributed by atoms with van der Waals surface area (Å²) in [7, 11) is 3.34. The summed E-state index contributed by atoms with van der Waals surface area (Å²) in [5, 5.41) is 8.57. The molecule has 0 spiro atoms. The fourth-order valence-electron chi connectivity index (χ4n) is 3.01. The molecule has 1 saturated heterocycles. The van der Waals surface area contributed by atoms with Gasteiger partial charge in [0.1, 0.15) is 24.5 Å². The summed E-state index contributed by atoms with van der Waals surface area (Å²) in [4.78, 5) is 10.8. The van der Waals surface area contributed by atoms with Gasteiger partial charge in [0, 0.05) is 44.6 Å². The van der Waals surface area contributed by atoms with Crippen molar-refractivity contribution in [3.05, 3.63) is 41.9 Å². The van der Waals surface area contributed by atoms with E-state index in [-0.39, 0.29) is 11.8 Å². The highest BCUT2D eigenvalue weighted by molar-refractivity contribution is 6.13. The Kier molecular flexibility index (Phi) is 6.20. The molecule has 0 radical (unpaired) electrons. The summed E-state index contributed by atoms with van der Waals surface area (Å²) < 4.78 is 16.0. The van der Waals surface area contributed by atoms with Crippen LogP contribution in [-0.2, 0) is 9.47 Å². The lowest BCUT2D eigenvalue weighted by atomic mass is 10.0. The van der Waals surface area contributed by atoms with Crippen molar-refractivity contribution in [2.75, 3.05) is 51.2 Å². The van der Waals surface area contributed by atoms with Crippen molar-refractivity contribution < 1.29 is 14.2 Å². The van der Waals surface area contributed by atoms with Crippen LogP contribution in [0.15, 0.2) is 30.6 Å². The van der Waals surface area contributed by atoms with E-state index in [9.17, 15) is 0 Å². The van der Waals surface area contributed by atoms with Crippen LogP contribution in [0.3, 0.4) is 0 Å². The number of nitrogens with zero attached hydrogens (tertiary/aromatic N) is 3. The Bertz CT molecular complexity index is 799. The standard InChI is InChI=1S/C19H25N5O3/c1-25-7-8-27-13-3-4-16(20)15(9-13)19(21)17-10-18(23-12-22-17)24-6-5-14(11-24)26-2/h3-4,9-10,12,14,21H,5-8,11,20H2,1-2H3.